The maximum Gasteiger partial charge on any atom is 0.411 e. The van der Waals surface area contributed by atoms with Crippen LogP contribution in [0.5, 0.6) is 0 Å². The molecule has 0 aromatic rings. The molecule has 3 heteroatoms. The Morgan fingerprint density at radius 3 is 2.19 bits per heavy atom. The van der Waals surface area contributed by atoms with Gasteiger partial charge in [-0.15, -0.1) is 0 Å². The van der Waals surface area contributed by atoms with Crippen LogP contribution in [0.1, 0.15) is 48.0 Å². The molecule has 0 rings (SSSR count). The Kier molecular flexibility index (Phi) is 12.7. The van der Waals surface area contributed by atoms with Gasteiger partial charge in [0.05, 0.1) is 6.61 Å². The van der Waals surface area contributed by atoms with Crippen LogP contribution in [-0.2, 0) is 4.74 Å². The fraction of sp³-hybridized carbons (Fsp3) is 0.615. The Balaban J connectivity index is 0. The van der Waals surface area contributed by atoms with Gasteiger partial charge in [-0.25, -0.2) is 4.79 Å². The fourth-order valence-electron chi connectivity index (χ4n) is 0.755. The summed E-state index contributed by atoms with van der Waals surface area (Å²) in [6.07, 6.45) is 4.48. The van der Waals surface area contributed by atoms with E-state index in [0.717, 1.165) is 12.1 Å². The molecular formula is C13H25NO2. The largest absolute Gasteiger partial charge is 0.450 e. The highest BCUT2D eigenvalue weighted by atomic mass is 16.5. The van der Waals surface area contributed by atoms with Gasteiger partial charge < -0.3 is 4.74 Å². The number of carbonyl (C=O) groups is 1. The second kappa shape index (κ2) is 11.8. The van der Waals surface area contributed by atoms with Crippen LogP contribution in [-0.4, -0.2) is 12.7 Å². The summed E-state index contributed by atoms with van der Waals surface area (Å²) in [5.41, 5.74) is 2.06. The first-order valence-corrected chi connectivity index (χ1v) is 5.88. The molecule has 0 fully saturated rings. The van der Waals surface area contributed by atoms with Crippen molar-refractivity contribution in [3.63, 3.8) is 0 Å². The van der Waals surface area contributed by atoms with Crippen LogP contribution in [0, 0.1) is 0 Å². The molecule has 0 aliphatic carbocycles. The Bertz CT molecular complexity index is 242. The Morgan fingerprint density at radius 1 is 1.19 bits per heavy atom. The summed E-state index contributed by atoms with van der Waals surface area (Å²) in [7, 11) is 0. The maximum atomic E-state index is 11.0. The minimum absolute atomic E-state index is 0.392. The summed E-state index contributed by atoms with van der Waals surface area (Å²) in [5.74, 6) is 0. The van der Waals surface area contributed by atoms with Crippen molar-refractivity contribution in [3.05, 3.63) is 23.4 Å². The van der Waals surface area contributed by atoms with Gasteiger partial charge in [0, 0.05) is 5.70 Å². The number of rotatable bonds is 4. The van der Waals surface area contributed by atoms with Gasteiger partial charge in [-0.2, -0.15) is 0 Å². The maximum absolute atomic E-state index is 11.0. The number of ether oxygens (including phenoxy) is 1. The highest BCUT2D eigenvalue weighted by molar-refractivity contribution is 5.69. The number of alkyl carbamates (subject to hydrolysis) is 1. The van der Waals surface area contributed by atoms with E-state index in [1.807, 2.05) is 39.8 Å². The molecule has 0 unspecified atom stereocenters. The van der Waals surface area contributed by atoms with Crippen molar-refractivity contribution in [1.82, 2.24) is 5.32 Å². The first-order chi connectivity index (χ1) is 7.60. The Hall–Kier alpha value is -1.25. The van der Waals surface area contributed by atoms with E-state index in [9.17, 15) is 4.79 Å². The minimum Gasteiger partial charge on any atom is -0.450 e. The van der Waals surface area contributed by atoms with Gasteiger partial charge in [-0.1, -0.05) is 32.4 Å². The molecule has 94 valence electrons. The molecule has 0 spiro atoms. The topological polar surface area (TPSA) is 38.3 Å². The number of amides is 1. The number of hydrogen-bond acceptors (Lipinski definition) is 2. The molecule has 0 heterocycles. The lowest BCUT2D eigenvalue weighted by molar-refractivity contribution is 0.155. The van der Waals surface area contributed by atoms with Crippen LogP contribution in [0.2, 0.25) is 0 Å². The van der Waals surface area contributed by atoms with Crippen molar-refractivity contribution in [2.45, 2.75) is 48.0 Å². The molecule has 0 saturated carbocycles. The molecule has 1 amide bonds. The molecule has 1 N–H and O–H groups in total. The van der Waals surface area contributed by atoms with Crippen LogP contribution in [0.4, 0.5) is 4.79 Å². The summed E-state index contributed by atoms with van der Waals surface area (Å²) in [6, 6.07) is 0. The SMILES string of the molecule is CC.CCOC(=O)N/C(C)=C/C=C(/C)CC. The average molecular weight is 227 g/mol. The van der Waals surface area contributed by atoms with Crippen LogP contribution in [0.25, 0.3) is 0 Å². The van der Waals surface area contributed by atoms with Crippen LogP contribution >= 0.6 is 0 Å². The Labute approximate surface area is 99.6 Å². The molecule has 0 aromatic carbocycles. The van der Waals surface area contributed by atoms with Crippen LogP contribution in [0.15, 0.2) is 23.4 Å². The van der Waals surface area contributed by atoms with E-state index < -0.39 is 6.09 Å². The number of allylic oxidation sites excluding steroid dienone is 4. The summed E-state index contributed by atoms with van der Waals surface area (Å²) in [6.45, 7) is 12.1. The van der Waals surface area contributed by atoms with E-state index in [1.54, 1.807) is 6.92 Å². The standard InChI is InChI=1S/C11H19NO2.C2H6/c1-5-9(3)7-8-10(4)12-11(13)14-6-2;1-2/h7-8H,5-6H2,1-4H3,(H,12,13);1-2H3/b9-7-,10-8+;. The summed E-state index contributed by atoms with van der Waals surface area (Å²) < 4.78 is 4.73. The lowest BCUT2D eigenvalue weighted by atomic mass is 10.2. The zero-order valence-electron chi connectivity index (χ0n) is 11.4. The van der Waals surface area contributed by atoms with Crippen molar-refractivity contribution in [3.8, 4) is 0 Å². The van der Waals surface area contributed by atoms with Gasteiger partial charge in [0.2, 0.25) is 0 Å². The predicted molar refractivity (Wildman–Crippen MR) is 69.3 cm³/mol. The number of hydrogen-bond donors (Lipinski definition) is 1. The lowest BCUT2D eigenvalue weighted by Gasteiger charge is -2.03. The van der Waals surface area contributed by atoms with Crippen LogP contribution in [0.3, 0.4) is 0 Å². The summed E-state index contributed by atoms with van der Waals surface area (Å²) in [5, 5.41) is 2.62. The normalized spacial score (nSPS) is 11.4. The first kappa shape index (κ1) is 17.2. The van der Waals surface area contributed by atoms with Crippen molar-refractivity contribution >= 4 is 6.09 Å². The quantitative estimate of drug-likeness (QED) is 0.737. The molecule has 0 aliphatic heterocycles. The van der Waals surface area contributed by atoms with Gasteiger partial charge in [-0.05, 0) is 33.3 Å². The van der Waals surface area contributed by atoms with Crippen molar-refractivity contribution < 1.29 is 9.53 Å². The average Bonchev–Trinajstić information content (AvgIpc) is 2.28. The van der Waals surface area contributed by atoms with Gasteiger partial charge in [-0.3, -0.25) is 5.32 Å². The molecule has 3 nitrogen and oxygen atoms in total. The summed E-state index contributed by atoms with van der Waals surface area (Å²) in [4.78, 5) is 11.0. The van der Waals surface area contributed by atoms with E-state index in [1.165, 1.54) is 5.57 Å². The second-order valence-corrected chi connectivity index (χ2v) is 3.06. The van der Waals surface area contributed by atoms with E-state index in [-0.39, 0.29) is 0 Å². The third kappa shape index (κ3) is 10.8. The van der Waals surface area contributed by atoms with E-state index >= 15 is 0 Å². The molecular weight excluding hydrogens is 202 g/mol. The van der Waals surface area contributed by atoms with Crippen molar-refractivity contribution in [1.29, 1.82) is 0 Å². The van der Waals surface area contributed by atoms with Gasteiger partial charge >= 0.3 is 6.09 Å². The number of nitrogens with one attached hydrogen (secondary N) is 1. The van der Waals surface area contributed by atoms with E-state index in [2.05, 4.69) is 12.2 Å². The van der Waals surface area contributed by atoms with E-state index in [0.29, 0.717) is 6.61 Å². The monoisotopic (exact) mass is 227 g/mol. The molecule has 0 aliphatic rings. The molecule has 16 heavy (non-hydrogen) atoms. The fourth-order valence-corrected chi connectivity index (χ4v) is 0.755. The zero-order chi connectivity index (χ0) is 13.0. The third-order valence-corrected chi connectivity index (χ3v) is 1.75. The van der Waals surface area contributed by atoms with Crippen molar-refractivity contribution in [2.24, 2.45) is 0 Å². The molecule has 0 aromatic heterocycles. The van der Waals surface area contributed by atoms with Gasteiger partial charge in [0.15, 0.2) is 0 Å². The smallest absolute Gasteiger partial charge is 0.411 e. The third-order valence-electron chi connectivity index (χ3n) is 1.75. The van der Waals surface area contributed by atoms with E-state index in [4.69, 9.17) is 4.74 Å². The zero-order valence-corrected chi connectivity index (χ0v) is 11.4. The second-order valence-electron chi connectivity index (χ2n) is 3.06. The Morgan fingerprint density at radius 2 is 1.75 bits per heavy atom. The molecule has 0 saturated heterocycles. The molecule has 0 bridgehead atoms. The van der Waals surface area contributed by atoms with Crippen molar-refractivity contribution in [2.75, 3.05) is 6.61 Å². The summed E-state index contributed by atoms with van der Waals surface area (Å²) >= 11 is 0. The number of carbonyl (C=O) groups excluding carboxylic acids is 1. The van der Waals surface area contributed by atoms with Gasteiger partial charge in [0.25, 0.3) is 0 Å². The molecule has 0 radical (unpaired) electrons. The minimum atomic E-state index is -0.399. The predicted octanol–water partition coefficient (Wildman–Crippen LogP) is 4.02. The molecule has 0 atom stereocenters. The lowest BCUT2D eigenvalue weighted by Crippen LogP contribution is -2.22. The highest BCUT2D eigenvalue weighted by Gasteiger charge is 1.98. The van der Waals surface area contributed by atoms with Crippen LogP contribution < -0.4 is 5.32 Å². The highest BCUT2D eigenvalue weighted by Crippen LogP contribution is 1.99. The van der Waals surface area contributed by atoms with Gasteiger partial charge in [0.1, 0.15) is 0 Å². The first-order valence-electron chi connectivity index (χ1n) is 5.88.